The molecule has 180 valence electrons. The fraction of sp³-hybridized carbons (Fsp3) is 0.346. The number of nitrogens with zero attached hydrogens (tertiary/aromatic N) is 2. The molecule has 3 aliphatic rings. The van der Waals surface area contributed by atoms with Gasteiger partial charge >= 0.3 is 0 Å². The predicted octanol–water partition coefficient (Wildman–Crippen LogP) is 1.65. The third kappa shape index (κ3) is 3.96. The van der Waals surface area contributed by atoms with Crippen molar-refractivity contribution in [3.05, 3.63) is 64.2 Å². The summed E-state index contributed by atoms with van der Waals surface area (Å²) in [5, 5.41) is 5.23. The standard InChI is InChI=1S/C26H26N4O5/c1-2-15-5-3-6-16-11-12-29(14-18(15)16)22(32)13-27-19-8-4-7-17-23(19)26(35)30(25(17)34)20-9-10-21(31)28-24(20)33/h3-8,20,27H,2,9-14H2,1H3,(H,28,31,33). The average molecular weight is 475 g/mol. The molecule has 2 aromatic carbocycles. The summed E-state index contributed by atoms with van der Waals surface area (Å²) < 4.78 is 0. The first-order valence-electron chi connectivity index (χ1n) is 11.8. The number of anilines is 1. The van der Waals surface area contributed by atoms with Crippen molar-refractivity contribution in [1.29, 1.82) is 0 Å². The average Bonchev–Trinajstić information content (AvgIpc) is 3.12. The number of hydrogen-bond donors (Lipinski definition) is 2. The topological polar surface area (TPSA) is 116 Å². The Hall–Kier alpha value is -4.01. The van der Waals surface area contributed by atoms with Crippen LogP contribution in [0.15, 0.2) is 36.4 Å². The summed E-state index contributed by atoms with van der Waals surface area (Å²) in [7, 11) is 0. The zero-order valence-electron chi connectivity index (χ0n) is 19.4. The zero-order valence-corrected chi connectivity index (χ0v) is 19.4. The Morgan fingerprint density at radius 1 is 1.06 bits per heavy atom. The lowest BCUT2D eigenvalue weighted by molar-refractivity contribution is -0.136. The minimum atomic E-state index is -1.03. The van der Waals surface area contributed by atoms with E-state index in [1.165, 1.54) is 22.8 Å². The van der Waals surface area contributed by atoms with E-state index in [4.69, 9.17) is 0 Å². The van der Waals surface area contributed by atoms with E-state index in [1.807, 2.05) is 0 Å². The van der Waals surface area contributed by atoms with Crippen molar-refractivity contribution in [3.8, 4) is 0 Å². The van der Waals surface area contributed by atoms with Crippen LogP contribution in [0, 0.1) is 0 Å². The van der Waals surface area contributed by atoms with Gasteiger partial charge in [0.2, 0.25) is 17.7 Å². The molecular weight excluding hydrogens is 448 g/mol. The van der Waals surface area contributed by atoms with Crippen molar-refractivity contribution in [1.82, 2.24) is 15.1 Å². The van der Waals surface area contributed by atoms with Crippen LogP contribution in [0.5, 0.6) is 0 Å². The van der Waals surface area contributed by atoms with Gasteiger partial charge in [0, 0.05) is 25.2 Å². The molecule has 9 heteroatoms. The number of fused-ring (bicyclic) bond motifs is 2. The van der Waals surface area contributed by atoms with Crippen molar-refractivity contribution >= 4 is 35.2 Å². The predicted molar refractivity (Wildman–Crippen MR) is 127 cm³/mol. The third-order valence-electron chi connectivity index (χ3n) is 7.00. The Bertz CT molecular complexity index is 1260. The summed E-state index contributed by atoms with van der Waals surface area (Å²) in [6.07, 6.45) is 1.85. The van der Waals surface area contributed by atoms with E-state index in [-0.39, 0.29) is 36.4 Å². The van der Waals surface area contributed by atoms with Crippen LogP contribution in [-0.2, 0) is 33.8 Å². The number of imide groups is 2. The lowest BCUT2D eigenvalue weighted by Gasteiger charge is -2.30. The maximum absolute atomic E-state index is 13.2. The summed E-state index contributed by atoms with van der Waals surface area (Å²) >= 11 is 0. The third-order valence-corrected chi connectivity index (χ3v) is 7.00. The monoisotopic (exact) mass is 474 g/mol. The minimum absolute atomic E-state index is 0.0278. The smallest absolute Gasteiger partial charge is 0.264 e. The van der Waals surface area contributed by atoms with E-state index in [1.54, 1.807) is 17.0 Å². The minimum Gasteiger partial charge on any atom is -0.375 e. The van der Waals surface area contributed by atoms with Crippen LogP contribution in [0.4, 0.5) is 5.69 Å². The fourth-order valence-corrected chi connectivity index (χ4v) is 5.14. The molecule has 1 fully saturated rings. The summed E-state index contributed by atoms with van der Waals surface area (Å²) in [5.41, 5.74) is 4.42. The highest BCUT2D eigenvalue weighted by Crippen LogP contribution is 2.32. The molecule has 1 unspecified atom stereocenters. The quantitative estimate of drug-likeness (QED) is 0.637. The van der Waals surface area contributed by atoms with E-state index in [0.29, 0.717) is 18.8 Å². The molecule has 2 N–H and O–H groups in total. The Kier molecular flexibility index (Phi) is 5.84. The number of benzene rings is 2. The second-order valence-electron chi connectivity index (χ2n) is 9.00. The summed E-state index contributed by atoms with van der Waals surface area (Å²) in [6, 6.07) is 10.0. The van der Waals surface area contributed by atoms with Gasteiger partial charge in [-0.3, -0.25) is 34.2 Å². The lowest BCUT2D eigenvalue weighted by atomic mass is 9.93. The first kappa shape index (κ1) is 22.8. The molecule has 3 aliphatic heterocycles. The van der Waals surface area contributed by atoms with E-state index < -0.39 is 29.7 Å². The normalized spacial score (nSPS) is 19.4. The molecule has 3 heterocycles. The number of carbonyl (C=O) groups excluding carboxylic acids is 5. The maximum Gasteiger partial charge on any atom is 0.264 e. The number of piperidine rings is 1. The zero-order chi connectivity index (χ0) is 24.7. The fourth-order valence-electron chi connectivity index (χ4n) is 5.14. The van der Waals surface area contributed by atoms with Crippen LogP contribution in [0.2, 0.25) is 0 Å². The van der Waals surface area contributed by atoms with Gasteiger partial charge in [-0.2, -0.15) is 0 Å². The number of rotatable bonds is 5. The second-order valence-corrected chi connectivity index (χ2v) is 9.00. The molecular formula is C26H26N4O5. The Labute approximate surface area is 202 Å². The summed E-state index contributed by atoms with van der Waals surface area (Å²) in [5.74, 6) is -2.35. The van der Waals surface area contributed by atoms with Gasteiger partial charge in [-0.1, -0.05) is 31.2 Å². The number of nitrogens with one attached hydrogen (secondary N) is 2. The van der Waals surface area contributed by atoms with Gasteiger partial charge in [0.1, 0.15) is 6.04 Å². The van der Waals surface area contributed by atoms with Gasteiger partial charge in [0.15, 0.2) is 0 Å². The van der Waals surface area contributed by atoms with Crippen LogP contribution < -0.4 is 10.6 Å². The van der Waals surface area contributed by atoms with Gasteiger partial charge < -0.3 is 10.2 Å². The van der Waals surface area contributed by atoms with E-state index in [2.05, 4.69) is 35.8 Å². The number of hydrogen-bond acceptors (Lipinski definition) is 6. The van der Waals surface area contributed by atoms with Crippen molar-refractivity contribution in [3.63, 3.8) is 0 Å². The largest absolute Gasteiger partial charge is 0.375 e. The van der Waals surface area contributed by atoms with Crippen LogP contribution in [0.3, 0.4) is 0 Å². The van der Waals surface area contributed by atoms with Crippen LogP contribution >= 0.6 is 0 Å². The Balaban J connectivity index is 1.31. The molecule has 1 saturated heterocycles. The van der Waals surface area contributed by atoms with E-state index in [9.17, 15) is 24.0 Å². The molecule has 2 aromatic rings. The van der Waals surface area contributed by atoms with Gasteiger partial charge in [0.25, 0.3) is 11.8 Å². The Morgan fingerprint density at radius 3 is 2.63 bits per heavy atom. The first-order chi connectivity index (χ1) is 16.9. The van der Waals surface area contributed by atoms with Crippen LogP contribution in [0.1, 0.15) is 57.2 Å². The number of carbonyl (C=O) groups is 5. The van der Waals surface area contributed by atoms with Crippen molar-refractivity contribution in [2.24, 2.45) is 0 Å². The molecule has 0 bridgehead atoms. The van der Waals surface area contributed by atoms with Crippen LogP contribution in [0.25, 0.3) is 0 Å². The van der Waals surface area contributed by atoms with E-state index in [0.717, 1.165) is 17.7 Å². The SMILES string of the molecule is CCc1cccc2c1CN(C(=O)CNc1cccc3c1C(=O)N(C1CCC(=O)NC1=O)C3=O)CC2. The number of amides is 5. The molecule has 0 aromatic heterocycles. The first-order valence-corrected chi connectivity index (χ1v) is 11.8. The second kappa shape index (κ2) is 8.98. The van der Waals surface area contributed by atoms with E-state index >= 15 is 0 Å². The van der Waals surface area contributed by atoms with Gasteiger partial charge in [0.05, 0.1) is 17.7 Å². The molecule has 0 spiro atoms. The van der Waals surface area contributed by atoms with Crippen molar-refractivity contribution in [2.45, 2.75) is 45.2 Å². The maximum atomic E-state index is 13.2. The molecule has 5 rings (SSSR count). The number of aryl methyl sites for hydroxylation is 1. The molecule has 5 amide bonds. The van der Waals surface area contributed by atoms with Gasteiger partial charge in [-0.05, 0) is 48.1 Å². The van der Waals surface area contributed by atoms with Gasteiger partial charge in [-0.15, -0.1) is 0 Å². The highest BCUT2D eigenvalue weighted by molar-refractivity contribution is 6.25. The molecule has 1 atom stereocenters. The molecule has 9 nitrogen and oxygen atoms in total. The van der Waals surface area contributed by atoms with Crippen molar-refractivity contribution in [2.75, 3.05) is 18.4 Å². The Morgan fingerprint density at radius 2 is 1.86 bits per heavy atom. The molecule has 0 radical (unpaired) electrons. The highest BCUT2D eigenvalue weighted by atomic mass is 16.2. The highest BCUT2D eigenvalue weighted by Gasteiger charge is 2.45. The van der Waals surface area contributed by atoms with Crippen molar-refractivity contribution < 1.29 is 24.0 Å². The summed E-state index contributed by atoms with van der Waals surface area (Å²) in [6.45, 7) is 3.24. The molecule has 35 heavy (non-hydrogen) atoms. The molecule has 0 aliphatic carbocycles. The lowest BCUT2D eigenvalue weighted by Crippen LogP contribution is -2.54. The van der Waals surface area contributed by atoms with Gasteiger partial charge in [-0.25, -0.2) is 0 Å². The molecule has 0 saturated carbocycles. The van der Waals surface area contributed by atoms with Crippen LogP contribution in [-0.4, -0.2) is 58.5 Å². The summed E-state index contributed by atoms with van der Waals surface area (Å²) in [4.78, 5) is 65.7.